The quantitative estimate of drug-likeness (QED) is 0.190. The second-order valence-electron chi connectivity index (χ2n) is 12.9. The maximum atomic E-state index is 10.6. The number of para-hydroxylation sites is 3. The van der Waals surface area contributed by atoms with Crippen LogP contribution in [0, 0.1) is 34.0 Å². The van der Waals surface area contributed by atoms with E-state index in [9.17, 15) is 15.8 Å². The fourth-order valence-corrected chi connectivity index (χ4v) is 8.04. The maximum absolute atomic E-state index is 10.6. The molecule has 5 nitrogen and oxygen atoms in total. The van der Waals surface area contributed by atoms with Gasteiger partial charge in [-0.1, -0.05) is 85.0 Å². The Labute approximate surface area is 295 Å². The SMILES string of the molecule is N#CC1=Cc2c(n(-c3cccc(-c4c(C#N)ccc(C#N)c4-c4ccccc4-n4c5c(c6ccccc64)C=CCC5)c3)c3ccccc23)CC=C1. The van der Waals surface area contributed by atoms with Gasteiger partial charge < -0.3 is 9.13 Å². The van der Waals surface area contributed by atoms with E-state index in [-0.39, 0.29) is 0 Å². The standard InChI is InChI=1S/C46H29N5/c47-27-30-11-9-22-44-39(25-30)37-16-3-5-18-40(37)50(44)34-13-10-12-31(26-34)45-32(28-48)23-24-33(29-49)46(45)38-17-4-8-21-43(38)51-41-19-6-1-14-35(41)36-15-2-7-20-42(36)51/h1-6,8-19,21,23-26H,7,20,22H2. The number of aromatic nitrogens is 2. The largest absolute Gasteiger partial charge is 0.313 e. The molecule has 2 aliphatic carbocycles. The normalized spacial score (nSPS) is 13.2. The second-order valence-corrected chi connectivity index (χ2v) is 12.9. The van der Waals surface area contributed by atoms with E-state index in [4.69, 9.17) is 0 Å². The van der Waals surface area contributed by atoms with Gasteiger partial charge in [0, 0.05) is 62.1 Å². The van der Waals surface area contributed by atoms with Crippen molar-refractivity contribution >= 4 is 34.0 Å². The predicted octanol–water partition coefficient (Wildman–Crippen LogP) is 10.6. The summed E-state index contributed by atoms with van der Waals surface area (Å²) in [5.74, 6) is 0. The van der Waals surface area contributed by atoms with Crippen molar-refractivity contribution in [3.05, 3.63) is 167 Å². The third-order valence-corrected chi connectivity index (χ3v) is 10.2. The molecule has 238 valence electrons. The van der Waals surface area contributed by atoms with Crippen LogP contribution < -0.4 is 0 Å². The van der Waals surface area contributed by atoms with Gasteiger partial charge in [0.25, 0.3) is 0 Å². The third-order valence-electron chi connectivity index (χ3n) is 10.2. The first-order valence-electron chi connectivity index (χ1n) is 17.1. The number of hydrogen-bond donors (Lipinski definition) is 0. The van der Waals surface area contributed by atoms with Gasteiger partial charge in [0.05, 0.1) is 51.6 Å². The van der Waals surface area contributed by atoms with Crippen LogP contribution in [-0.2, 0) is 12.8 Å². The van der Waals surface area contributed by atoms with Crippen molar-refractivity contribution in [2.24, 2.45) is 0 Å². The van der Waals surface area contributed by atoms with Gasteiger partial charge in [-0.2, -0.15) is 15.8 Å². The van der Waals surface area contributed by atoms with E-state index in [1.165, 1.54) is 16.6 Å². The van der Waals surface area contributed by atoms with E-state index in [0.717, 1.165) is 74.1 Å². The number of hydrogen-bond acceptors (Lipinski definition) is 3. The van der Waals surface area contributed by atoms with Crippen LogP contribution in [0.2, 0.25) is 0 Å². The minimum Gasteiger partial charge on any atom is -0.313 e. The Bertz CT molecular complexity index is 2810. The zero-order valence-electron chi connectivity index (χ0n) is 27.6. The molecule has 2 aromatic heterocycles. The summed E-state index contributed by atoms with van der Waals surface area (Å²) in [5.41, 5.74) is 13.5. The van der Waals surface area contributed by atoms with Gasteiger partial charge in [-0.15, -0.1) is 0 Å². The molecule has 0 atom stereocenters. The lowest BCUT2D eigenvalue weighted by Gasteiger charge is -2.21. The van der Waals surface area contributed by atoms with Crippen LogP contribution >= 0.6 is 0 Å². The summed E-state index contributed by atoms with van der Waals surface area (Å²) >= 11 is 0. The lowest BCUT2D eigenvalue weighted by molar-refractivity contribution is 0.889. The van der Waals surface area contributed by atoms with Crippen LogP contribution in [0.5, 0.6) is 0 Å². The minimum atomic E-state index is 0.499. The molecule has 0 spiro atoms. The van der Waals surface area contributed by atoms with Crippen molar-refractivity contribution < 1.29 is 0 Å². The molecule has 0 fully saturated rings. The number of fused-ring (bicyclic) bond motifs is 6. The van der Waals surface area contributed by atoms with Crippen molar-refractivity contribution in [2.45, 2.75) is 19.3 Å². The van der Waals surface area contributed by atoms with Crippen LogP contribution in [-0.4, -0.2) is 9.13 Å². The first-order chi connectivity index (χ1) is 25.2. The highest BCUT2D eigenvalue weighted by Gasteiger charge is 2.25. The summed E-state index contributed by atoms with van der Waals surface area (Å²) in [5, 5.41) is 33.3. The van der Waals surface area contributed by atoms with Crippen molar-refractivity contribution in [1.82, 2.24) is 9.13 Å². The van der Waals surface area contributed by atoms with E-state index in [1.807, 2.05) is 54.6 Å². The monoisotopic (exact) mass is 651 g/mol. The highest BCUT2D eigenvalue weighted by molar-refractivity contribution is 5.98. The summed E-state index contributed by atoms with van der Waals surface area (Å²) in [6.45, 7) is 0. The molecule has 0 unspecified atom stereocenters. The van der Waals surface area contributed by atoms with Crippen LogP contribution in [0.1, 0.15) is 40.1 Å². The second kappa shape index (κ2) is 12.1. The predicted molar refractivity (Wildman–Crippen MR) is 204 cm³/mol. The Morgan fingerprint density at radius 3 is 2.06 bits per heavy atom. The van der Waals surface area contributed by atoms with E-state index < -0.39 is 0 Å². The Kier molecular flexibility index (Phi) is 7.10. The molecule has 9 rings (SSSR count). The van der Waals surface area contributed by atoms with E-state index in [2.05, 4.69) is 100 Å². The number of nitrogens with zero attached hydrogens (tertiary/aromatic N) is 5. The number of benzene rings is 5. The lowest BCUT2D eigenvalue weighted by Crippen LogP contribution is -2.06. The van der Waals surface area contributed by atoms with Gasteiger partial charge in [-0.3, -0.25) is 0 Å². The molecule has 0 radical (unpaired) electrons. The van der Waals surface area contributed by atoms with Gasteiger partial charge in [0.2, 0.25) is 0 Å². The van der Waals surface area contributed by atoms with Crippen LogP contribution in [0.25, 0.3) is 67.6 Å². The average molecular weight is 652 g/mol. The van der Waals surface area contributed by atoms with Crippen LogP contribution in [0.4, 0.5) is 0 Å². The molecule has 2 aliphatic rings. The zero-order chi connectivity index (χ0) is 34.5. The molecule has 7 aromatic rings. The summed E-state index contributed by atoms with van der Waals surface area (Å²) in [6, 6.07) is 44.1. The van der Waals surface area contributed by atoms with Gasteiger partial charge in [-0.25, -0.2) is 0 Å². The van der Waals surface area contributed by atoms with Crippen molar-refractivity contribution in [2.75, 3.05) is 0 Å². The van der Waals surface area contributed by atoms with Gasteiger partial charge in [0.1, 0.15) is 0 Å². The molecular formula is C46H29N5. The van der Waals surface area contributed by atoms with Crippen molar-refractivity contribution in [3.63, 3.8) is 0 Å². The Balaban J connectivity index is 1.31. The maximum Gasteiger partial charge on any atom is 0.0998 e. The van der Waals surface area contributed by atoms with Crippen molar-refractivity contribution in [1.29, 1.82) is 15.8 Å². The minimum absolute atomic E-state index is 0.499. The van der Waals surface area contributed by atoms with E-state index in [0.29, 0.717) is 23.1 Å². The lowest BCUT2D eigenvalue weighted by atomic mass is 9.86. The van der Waals surface area contributed by atoms with Crippen LogP contribution in [0.3, 0.4) is 0 Å². The highest BCUT2D eigenvalue weighted by Crippen LogP contribution is 2.44. The zero-order valence-corrected chi connectivity index (χ0v) is 27.6. The summed E-state index contributed by atoms with van der Waals surface area (Å²) in [4.78, 5) is 0. The number of allylic oxidation sites excluding steroid dienone is 4. The average Bonchev–Trinajstić information content (AvgIpc) is 3.59. The molecule has 0 saturated heterocycles. The summed E-state index contributed by atoms with van der Waals surface area (Å²) in [7, 11) is 0. The molecule has 5 heteroatoms. The topological polar surface area (TPSA) is 81.2 Å². The molecule has 0 N–H and O–H groups in total. The van der Waals surface area contributed by atoms with Crippen molar-refractivity contribution in [3.8, 4) is 51.8 Å². The Morgan fingerprint density at radius 2 is 1.27 bits per heavy atom. The Hall–Kier alpha value is -7.13. The molecule has 2 heterocycles. The molecule has 0 amide bonds. The Morgan fingerprint density at radius 1 is 0.569 bits per heavy atom. The van der Waals surface area contributed by atoms with Gasteiger partial charge in [-0.05, 0) is 73.0 Å². The van der Waals surface area contributed by atoms with Gasteiger partial charge >= 0.3 is 0 Å². The molecule has 0 aliphatic heterocycles. The number of rotatable bonds is 4. The van der Waals surface area contributed by atoms with Gasteiger partial charge in [0.15, 0.2) is 0 Å². The van der Waals surface area contributed by atoms with E-state index in [1.54, 1.807) is 12.1 Å². The first-order valence-corrected chi connectivity index (χ1v) is 17.1. The summed E-state index contributed by atoms with van der Waals surface area (Å²) < 4.78 is 4.61. The molecule has 0 saturated carbocycles. The molecule has 51 heavy (non-hydrogen) atoms. The fourth-order valence-electron chi connectivity index (χ4n) is 8.04. The fraction of sp³-hybridized carbons (Fsp3) is 0.0652. The number of nitriles is 3. The highest BCUT2D eigenvalue weighted by atomic mass is 15.0. The molecule has 5 aromatic carbocycles. The molecule has 0 bridgehead atoms. The smallest absolute Gasteiger partial charge is 0.0998 e. The molecular weight excluding hydrogens is 623 g/mol. The van der Waals surface area contributed by atoms with Crippen LogP contribution in [0.15, 0.2) is 133 Å². The summed E-state index contributed by atoms with van der Waals surface area (Å²) in [6.07, 6.45) is 12.9. The van der Waals surface area contributed by atoms with E-state index >= 15 is 0 Å². The third kappa shape index (κ3) is 4.67. The first kappa shape index (κ1) is 30.0.